The maximum atomic E-state index is 11.8. The Balaban J connectivity index is 2.28. The molecule has 9 heteroatoms. The zero-order chi connectivity index (χ0) is 17.0. The zero-order valence-electron chi connectivity index (χ0n) is 12.6. The van der Waals surface area contributed by atoms with Gasteiger partial charge in [0.25, 0.3) is 5.56 Å². The first-order valence-corrected chi connectivity index (χ1v) is 6.83. The lowest BCUT2D eigenvalue weighted by atomic mass is 10.1. The number of rotatable bonds is 4. The molecular weight excluding hydrogens is 308 g/mol. The van der Waals surface area contributed by atoms with Crippen LogP contribution in [-0.4, -0.2) is 40.3 Å². The van der Waals surface area contributed by atoms with Crippen molar-refractivity contribution in [2.24, 2.45) is 0 Å². The van der Waals surface area contributed by atoms with Gasteiger partial charge in [0, 0.05) is 26.1 Å². The number of esters is 2. The molecule has 3 atom stereocenters. The van der Waals surface area contributed by atoms with E-state index in [1.807, 2.05) is 0 Å². The Labute approximate surface area is 130 Å². The second-order valence-electron chi connectivity index (χ2n) is 4.82. The van der Waals surface area contributed by atoms with E-state index in [-0.39, 0.29) is 6.61 Å². The quantitative estimate of drug-likeness (QED) is 0.585. The number of aromatic nitrogens is 2. The standard InChI is InChI=1S/C14H16N2O7/c1-8(17)21-7-11-10(22-9(2)18)3-4-13(23-11)16-12(19)5-6-15-14(16)20/h3-6,10-11,13H,7H2,1-2H3,(H,15,20)/t10-,11+,13?/m0/s1. The zero-order valence-corrected chi connectivity index (χ0v) is 12.6. The largest absolute Gasteiger partial charge is 0.463 e. The summed E-state index contributed by atoms with van der Waals surface area (Å²) in [6.07, 6.45) is 1.51. The molecule has 1 aliphatic heterocycles. The van der Waals surface area contributed by atoms with Crippen LogP contribution >= 0.6 is 0 Å². The summed E-state index contributed by atoms with van der Waals surface area (Å²) in [5.74, 6) is -1.07. The molecule has 1 N–H and O–H groups in total. The van der Waals surface area contributed by atoms with Gasteiger partial charge in [-0.1, -0.05) is 0 Å². The summed E-state index contributed by atoms with van der Waals surface area (Å²) in [5, 5.41) is 0. The fraction of sp³-hybridized carbons (Fsp3) is 0.429. The van der Waals surface area contributed by atoms with Gasteiger partial charge in [-0.25, -0.2) is 9.36 Å². The second-order valence-corrected chi connectivity index (χ2v) is 4.82. The summed E-state index contributed by atoms with van der Waals surface area (Å²) in [7, 11) is 0. The van der Waals surface area contributed by atoms with E-state index in [9.17, 15) is 19.2 Å². The minimum Gasteiger partial charge on any atom is -0.463 e. The molecule has 0 bridgehead atoms. The highest BCUT2D eigenvalue weighted by atomic mass is 16.6. The van der Waals surface area contributed by atoms with Crippen molar-refractivity contribution < 1.29 is 23.8 Å². The van der Waals surface area contributed by atoms with Gasteiger partial charge in [0.15, 0.2) is 6.23 Å². The third kappa shape index (κ3) is 4.16. The Morgan fingerprint density at radius 3 is 2.61 bits per heavy atom. The van der Waals surface area contributed by atoms with Crippen LogP contribution in [0, 0.1) is 0 Å². The Bertz CT molecular complexity index is 705. The topological polar surface area (TPSA) is 117 Å². The first-order chi connectivity index (χ1) is 10.9. The monoisotopic (exact) mass is 324 g/mol. The maximum Gasteiger partial charge on any atom is 0.330 e. The average Bonchev–Trinajstić information content (AvgIpc) is 2.46. The molecule has 124 valence electrons. The molecule has 0 radical (unpaired) electrons. The Morgan fingerprint density at radius 1 is 1.26 bits per heavy atom. The summed E-state index contributed by atoms with van der Waals surface area (Å²) in [5.41, 5.74) is -1.20. The molecule has 0 aliphatic carbocycles. The molecular formula is C14H16N2O7. The van der Waals surface area contributed by atoms with Crippen LogP contribution in [0.3, 0.4) is 0 Å². The number of carbonyl (C=O) groups excluding carboxylic acids is 2. The molecule has 0 saturated heterocycles. The van der Waals surface area contributed by atoms with Gasteiger partial charge in [0.2, 0.25) is 0 Å². The molecule has 0 fully saturated rings. The Morgan fingerprint density at radius 2 is 2.00 bits per heavy atom. The summed E-state index contributed by atoms with van der Waals surface area (Å²) >= 11 is 0. The average molecular weight is 324 g/mol. The minimum atomic E-state index is -1.00. The van der Waals surface area contributed by atoms with Crippen molar-refractivity contribution in [3.63, 3.8) is 0 Å². The lowest BCUT2D eigenvalue weighted by Gasteiger charge is -2.31. The van der Waals surface area contributed by atoms with Gasteiger partial charge >= 0.3 is 17.6 Å². The minimum absolute atomic E-state index is 0.187. The third-order valence-corrected chi connectivity index (χ3v) is 3.04. The van der Waals surface area contributed by atoms with E-state index in [0.29, 0.717) is 0 Å². The molecule has 0 aromatic carbocycles. The van der Waals surface area contributed by atoms with Crippen LogP contribution in [-0.2, 0) is 23.8 Å². The van der Waals surface area contributed by atoms with Crippen LogP contribution in [0.4, 0.5) is 0 Å². The number of ether oxygens (including phenoxy) is 3. The highest BCUT2D eigenvalue weighted by molar-refractivity contribution is 5.66. The molecule has 23 heavy (non-hydrogen) atoms. The molecule has 9 nitrogen and oxygen atoms in total. The predicted molar refractivity (Wildman–Crippen MR) is 76.6 cm³/mol. The lowest BCUT2D eigenvalue weighted by Crippen LogP contribution is -2.45. The van der Waals surface area contributed by atoms with Crippen LogP contribution in [0.15, 0.2) is 34.0 Å². The second kappa shape index (κ2) is 7.05. The highest BCUT2D eigenvalue weighted by Gasteiger charge is 2.32. The maximum absolute atomic E-state index is 11.8. The fourth-order valence-electron chi connectivity index (χ4n) is 2.09. The predicted octanol–water partition coefficient (Wildman–Crippen LogP) is -0.515. The Hall–Kier alpha value is -2.68. The number of hydrogen-bond acceptors (Lipinski definition) is 7. The number of nitrogens with one attached hydrogen (secondary N) is 1. The molecule has 0 saturated carbocycles. The third-order valence-electron chi connectivity index (χ3n) is 3.04. The van der Waals surface area contributed by atoms with Crippen LogP contribution in [0.1, 0.15) is 20.1 Å². The van der Waals surface area contributed by atoms with E-state index in [4.69, 9.17) is 14.2 Å². The molecule has 1 aliphatic rings. The van der Waals surface area contributed by atoms with Crippen molar-refractivity contribution in [2.75, 3.05) is 6.61 Å². The van der Waals surface area contributed by atoms with Gasteiger partial charge in [0.05, 0.1) is 0 Å². The van der Waals surface area contributed by atoms with Crippen LogP contribution in [0.25, 0.3) is 0 Å². The van der Waals surface area contributed by atoms with E-state index in [1.54, 1.807) is 0 Å². The summed E-state index contributed by atoms with van der Waals surface area (Å²) in [6, 6.07) is 1.18. The highest BCUT2D eigenvalue weighted by Crippen LogP contribution is 2.21. The number of aromatic amines is 1. The number of H-pyrrole nitrogens is 1. The van der Waals surface area contributed by atoms with E-state index in [0.717, 1.165) is 4.57 Å². The smallest absolute Gasteiger partial charge is 0.330 e. The molecule has 0 amide bonds. The lowest BCUT2D eigenvalue weighted by molar-refractivity contribution is -0.168. The van der Waals surface area contributed by atoms with Gasteiger partial charge in [-0.3, -0.25) is 14.4 Å². The molecule has 0 spiro atoms. The van der Waals surface area contributed by atoms with Crippen LogP contribution < -0.4 is 11.2 Å². The van der Waals surface area contributed by atoms with Crippen molar-refractivity contribution in [1.29, 1.82) is 0 Å². The number of hydrogen-bond donors (Lipinski definition) is 1. The number of carbonyl (C=O) groups is 2. The molecule has 2 rings (SSSR count). The van der Waals surface area contributed by atoms with Gasteiger partial charge in [-0.05, 0) is 12.2 Å². The van der Waals surface area contributed by atoms with Gasteiger partial charge < -0.3 is 19.2 Å². The van der Waals surface area contributed by atoms with Crippen molar-refractivity contribution in [1.82, 2.24) is 9.55 Å². The normalized spacial score (nSPS) is 23.3. The Kier molecular flexibility index (Phi) is 5.12. The first-order valence-electron chi connectivity index (χ1n) is 6.83. The SMILES string of the molecule is CC(=O)OC[C@H]1OC(n2c(=O)cc[nH]c2=O)C=C[C@@H]1OC(C)=O. The summed E-state index contributed by atoms with van der Waals surface area (Å²) < 4.78 is 16.4. The van der Waals surface area contributed by atoms with Crippen molar-refractivity contribution in [2.45, 2.75) is 32.3 Å². The first kappa shape index (κ1) is 16.7. The molecule has 1 unspecified atom stereocenters. The van der Waals surface area contributed by atoms with Gasteiger partial charge in [-0.15, -0.1) is 0 Å². The van der Waals surface area contributed by atoms with E-state index in [2.05, 4.69) is 4.98 Å². The molecule has 1 aromatic rings. The number of nitrogens with zero attached hydrogens (tertiary/aromatic N) is 1. The van der Waals surface area contributed by atoms with Crippen LogP contribution in [0.5, 0.6) is 0 Å². The van der Waals surface area contributed by atoms with Crippen LogP contribution in [0.2, 0.25) is 0 Å². The van der Waals surface area contributed by atoms with E-state index in [1.165, 1.54) is 38.3 Å². The summed E-state index contributed by atoms with van der Waals surface area (Å²) in [6.45, 7) is 2.27. The van der Waals surface area contributed by atoms with E-state index >= 15 is 0 Å². The van der Waals surface area contributed by atoms with E-state index < -0.39 is 41.6 Å². The summed E-state index contributed by atoms with van der Waals surface area (Å²) in [4.78, 5) is 48.1. The van der Waals surface area contributed by atoms with Gasteiger partial charge in [0.1, 0.15) is 18.8 Å². The van der Waals surface area contributed by atoms with Gasteiger partial charge in [-0.2, -0.15) is 0 Å². The molecule has 2 heterocycles. The van der Waals surface area contributed by atoms with Crippen molar-refractivity contribution >= 4 is 11.9 Å². The van der Waals surface area contributed by atoms with Crippen molar-refractivity contribution in [3.05, 3.63) is 45.3 Å². The van der Waals surface area contributed by atoms with Crippen molar-refractivity contribution in [3.8, 4) is 0 Å². The fourth-order valence-corrected chi connectivity index (χ4v) is 2.09. The molecule has 1 aromatic heterocycles.